The van der Waals surface area contributed by atoms with Crippen LogP contribution in [-0.4, -0.2) is 34.7 Å². The zero-order chi connectivity index (χ0) is 22.2. The first-order valence-corrected chi connectivity index (χ1v) is 12.0. The molecule has 0 aliphatic heterocycles. The number of benzene rings is 2. The number of hydrogen-bond donors (Lipinski definition) is 0. The fraction of sp³-hybridized carbons (Fsp3) is 0.261. The molecule has 0 atom stereocenters. The maximum Gasteiger partial charge on any atom is 0.239 e. The largest absolute Gasteiger partial charge is 0.497 e. The second-order valence-corrected chi connectivity index (χ2v) is 9.33. The Bertz CT molecular complexity index is 1020. The predicted molar refractivity (Wildman–Crippen MR) is 133 cm³/mol. The van der Waals surface area contributed by atoms with Crippen LogP contribution in [0.15, 0.2) is 54.6 Å². The first-order chi connectivity index (χ1) is 15.0. The van der Waals surface area contributed by atoms with Gasteiger partial charge in [-0.1, -0.05) is 42.1 Å². The van der Waals surface area contributed by atoms with Gasteiger partial charge in [0.05, 0.1) is 31.7 Å². The van der Waals surface area contributed by atoms with E-state index in [1.54, 1.807) is 12.0 Å². The summed E-state index contributed by atoms with van der Waals surface area (Å²) >= 11 is 7.90. The molecule has 3 rings (SSSR count). The van der Waals surface area contributed by atoms with Crippen LogP contribution >= 0.6 is 35.3 Å². The molecule has 0 aliphatic carbocycles. The lowest BCUT2D eigenvalue weighted by atomic mass is 10.1. The van der Waals surface area contributed by atoms with Crippen molar-refractivity contribution in [2.75, 3.05) is 24.4 Å². The highest BCUT2D eigenvalue weighted by Crippen LogP contribution is 2.34. The van der Waals surface area contributed by atoms with E-state index >= 15 is 0 Å². The number of thioether (sulfide) groups is 1. The van der Waals surface area contributed by atoms with E-state index in [0.717, 1.165) is 27.4 Å². The Morgan fingerprint density at radius 2 is 1.87 bits per heavy atom. The highest BCUT2D eigenvalue weighted by Gasteiger charge is 2.22. The third-order valence-corrected chi connectivity index (χ3v) is 6.65. The molecule has 0 unspecified atom stereocenters. The van der Waals surface area contributed by atoms with Crippen molar-refractivity contribution in [2.45, 2.75) is 20.4 Å². The number of carbonyl (C=O) groups excluding carboxylic acids is 1. The first-order valence-electron chi connectivity index (χ1n) is 9.77. The molecular formula is C23H24N2O3S3. The van der Waals surface area contributed by atoms with Gasteiger partial charge in [-0.3, -0.25) is 9.69 Å². The summed E-state index contributed by atoms with van der Waals surface area (Å²) in [5, 5.41) is 0.667. The summed E-state index contributed by atoms with van der Waals surface area (Å²) in [7, 11) is 1.64. The second kappa shape index (κ2) is 11.3. The van der Waals surface area contributed by atoms with Gasteiger partial charge < -0.3 is 9.47 Å². The zero-order valence-corrected chi connectivity index (χ0v) is 20.1. The molecule has 0 aliphatic rings. The van der Waals surface area contributed by atoms with Crippen molar-refractivity contribution >= 4 is 50.7 Å². The molecule has 3 aromatic rings. The summed E-state index contributed by atoms with van der Waals surface area (Å²) in [5.74, 6) is 0.924. The van der Waals surface area contributed by atoms with Crippen molar-refractivity contribution in [3.8, 4) is 17.0 Å². The van der Waals surface area contributed by atoms with E-state index in [1.165, 1.54) is 23.1 Å². The minimum atomic E-state index is -0.0639. The maximum absolute atomic E-state index is 13.1. The molecule has 2 aromatic carbocycles. The Balaban J connectivity index is 1.87. The Labute approximate surface area is 196 Å². The summed E-state index contributed by atoms with van der Waals surface area (Å²) in [6, 6.07) is 17.7. The first kappa shape index (κ1) is 23.2. The number of nitrogens with zero attached hydrogens (tertiary/aromatic N) is 2. The monoisotopic (exact) mass is 472 g/mol. The van der Waals surface area contributed by atoms with Crippen molar-refractivity contribution in [1.29, 1.82) is 0 Å². The van der Waals surface area contributed by atoms with Gasteiger partial charge in [-0.2, -0.15) is 0 Å². The molecule has 0 saturated heterocycles. The Morgan fingerprint density at radius 1 is 1.16 bits per heavy atom. The standard InChI is InChI=1S/C23H24N2O3S3/c1-4-28-23(29)30-15-20(26)25(14-17-8-6-5-7-9-17)22-24-21(16(2)31-22)18-10-12-19(27-3)13-11-18/h5-13H,4,14-15H2,1-3H3. The van der Waals surface area contributed by atoms with Gasteiger partial charge in [0.25, 0.3) is 0 Å². The average Bonchev–Trinajstić information content (AvgIpc) is 3.18. The van der Waals surface area contributed by atoms with Crippen LogP contribution in [-0.2, 0) is 16.1 Å². The quantitative estimate of drug-likeness (QED) is 0.391. The number of thiazole rings is 1. The molecule has 0 fully saturated rings. The molecule has 162 valence electrons. The third-order valence-electron chi connectivity index (χ3n) is 4.44. The van der Waals surface area contributed by atoms with Crippen LogP contribution in [0.4, 0.5) is 5.13 Å². The van der Waals surface area contributed by atoms with Crippen LogP contribution < -0.4 is 9.64 Å². The summed E-state index contributed by atoms with van der Waals surface area (Å²) in [6.07, 6.45) is 0. The smallest absolute Gasteiger partial charge is 0.239 e. The van der Waals surface area contributed by atoms with E-state index in [4.69, 9.17) is 26.7 Å². The van der Waals surface area contributed by atoms with E-state index in [1.807, 2.05) is 68.4 Å². The molecular weight excluding hydrogens is 448 g/mol. The van der Waals surface area contributed by atoms with Crippen LogP contribution in [0.2, 0.25) is 0 Å². The molecule has 0 N–H and O–H groups in total. The number of amides is 1. The summed E-state index contributed by atoms with van der Waals surface area (Å²) < 4.78 is 10.9. The normalized spacial score (nSPS) is 10.5. The summed E-state index contributed by atoms with van der Waals surface area (Å²) in [6.45, 7) is 4.82. The third kappa shape index (κ3) is 6.29. The van der Waals surface area contributed by atoms with Crippen molar-refractivity contribution in [1.82, 2.24) is 4.98 Å². The van der Waals surface area contributed by atoms with Crippen LogP contribution in [0.25, 0.3) is 11.3 Å². The number of methoxy groups -OCH3 is 1. The number of rotatable bonds is 8. The van der Waals surface area contributed by atoms with Crippen LogP contribution in [0.3, 0.4) is 0 Å². The van der Waals surface area contributed by atoms with E-state index in [-0.39, 0.29) is 11.7 Å². The van der Waals surface area contributed by atoms with E-state index < -0.39 is 0 Å². The van der Waals surface area contributed by atoms with Gasteiger partial charge in [0.15, 0.2) is 5.13 Å². The Hall–Kier alpha value is -2.42. The number of thiocarbonyl (C=S) groups is 1. The molecule has 5 nitrogen and oxygen atoms in total. The fourth-order valence-corrected chi connectivity index (χ4v) is 4.74. The molecule has 0 radical (unpaired) electrons. The molecule has 1 heterocycles. The van der Waals surface area contributed by atoms with Crippen molar-refractivity contribution < 1.29 is 14.3 Å². The van der Waals surface area contributed by atoms with E-state index in [2.05, 4.69) is 0 Å². The van der Waals surface area contributed by atoms with Crippen molar-refractivity contribution in [3.05, 3.63) is 65.0 Å². The van der Waals surface area contributed by atoms with Gasteiger partial charge in [-0.25, -0.2) is 4.98 Å². The number of aromatic nitrogens is 1. The Morgan fingerprint density at radius 3 is 2.52 bits per heavy atom. The van der Waals surface area contributed by atoms with Gasteiger partial charge in [0, 0.05) is 10.4 Å². The fourth-order valence-electron chi connectivity index (χ4n) is 2.90. The second-order valence-electron chi connectivity index (χ2n) is 6.57. The molecule has 0 bridgehead atoms. The number of aryl methyl sites for hydroxylation is 1. The minimum Gasteiger partial charge on any atom is -0.497 e. The molecule has 0 spiro atoms. The Kier molecular flexibility index (Phi) is 8.45. The maximum atomic E-state index is 13.1. The topological polar surface area (TPSA) is 51.7 Å². The molecule has 0 saturated carbocycles. The van der Waals surface area contributed by atoms with E-state index in [9.17, 15) is 4.79 Å². The highest BCUT2D eigenvalue weighted by atomic mass is 32.2. The number of ether oxygens (including phenoxy) is 2. The van der Waals surface area contributed by atoms with Crippen molar-refractivity contribution in [2.24, 2.45) is 0 Å². The van der Waals surface area contributed by atoms with Crippen molar-refractivity contribution in [3.63, 3.8) is 0 Å². The van der Waals surface area contributed by atoms with Crippen LogP contribution in [0, 0.1) is 6.92 Å². The lowest BCUT2D eigenvalue weighted by Crippen LogP contribution is -2.32. The summed E-state index contributed by atoms with van der Waals surface area (Å²) in [4.78, 5) is 20.7. The number of anilines is 1. The lowest BCUT2D eigenvalue weighted by Gasteiger charge is -2.20. The SMILES string of the molecule is CCOC(=S)SCC(=O)N(Cc1ccccc1)c1nc(-c2ccc(OC)cc2)c(C)s1. The van der Waals surface area contributed by atoms with Crippen LogP contribution in [0.5, 0.6) is 5.75 Å². The lowest BCUT2D eigenvalue weighted by molar-refractivity contribution is -0.116. The minimum absolute atomic E-state index is 0.0639. The molecule has 31 heavy (non-hydrogen) atoms. The van der Waals surface area contributed by atoms with Gasteiger partial charge in [-0.05, 0) is 55.9 Å². The molecule has 1 aromatic heterocycles. The van der Waals surface area contributed by atoms with Gasteiger partial charge in [0.1, 0.15) is 5.75 Å². The van der Waals surface area contributed by atoms with Gasteiger partial charge in [-0.15, -0.1) is 11.3 Å². The average molecular weight is 473 g/mol. The highest BCUT2D eigenvalue weighted by molar-refractivity contribution is 8.23. The van der Waals surface area contributed by atoms with Gasteiger partial charge in [0.2, 0.25) is 10.3 Å². The summed E-state index contributed by atoms with van der Waals surface area (Å²) in [5.41, 5.74) is 2.89. The predicted octanol–water partition coefficient (Wildman–Crippen LogP) is 5.71. The van der Waals surface area contributed by atoms with E-state index in [0.29, 0.717) is 22.7 Å². The molecule has 1 amide bonds. The zero-order valence-electron chi connectivity index (χ0n) is 17.7. The molecule has 8 heteroatoms. The number of carbonyl (C=O) groups is 1. The number of hydrogen-bond acceptors (Lipinski definition) is 7. The van der Waals surface area contributed by atoms with Crippen LogP contribution in [0.1, 0.15) is 17.4 Å². The van der Waals surface area contributed by atoms with Gasteiger partial charge >= 0.3 is 0 Å².